The van der Waals surface area contributed by atoms with Crippen molar-refractivity contribution in [2.75, 3.05) is 23.3 Å². The first-order chi connectivity index (χ1) is 17.7. The van der Waals surface area contributed by atoms with Crippen molar-refractivity contribution in [3.05, 3.63) is 79.8 Å². The molecule has 9 nitrogen and oxygen atoms in total. The smallest absolute Gasteiger partial charge is 0.338 e. The van der Waals surface area contributed by atoms with Gasteiger partial charge >= 0.3 is 5.97 Å². The Morgan fingerprint density at radius 1 is 1.19 bits per heavy atom. The standard InChI is InChI=1S/C27H30N4O5S/c1-17-10-18(2)14-30(13-17)23-9-8-20(11-24(23)31(34)35)27(33)36-15-21-16-37-26(28-21)12-25(32)29-22-7-5-4-6-19(22)3/h4-9,11,16-18H,10,12-15H2,1-3H3,(H,29,32)/t17-,18-/m1/s1. The fraction of sp³-hybridized carbons (Fsp3) is 0.370. The average Bonchev–Trinajstić information content (AvgIpc) is 3.30. The van der Waals surface area contributed by atoms with Crippen LogP contribution in [0.5, 0.6) is 0 Å². The van der Waals surface area contributed by atoms with Gasteiger partial charge in [-0.05, 0) is 48.9 Å². The number of aromatic nitrogens is 1. The highest BCUT2D eigenvalue weighted by Gasteiger charge is 2.28. The van der Waals surface area contributed by atoms with Crippen molar-refractivity contribution >= 4 is 40.3 Å². The predicted octanol–water partition coefficient (Wildman–Crippen LogP) is 5.38. The molecule has 1 aliphatic rings. The van der Waals surface area contributed by atoms with E-state index in [1.165, 1.54) is 17.4 Å². The second-order valence-electron chi connectivity index (χ2n) is 9.66. The van der Waals surface area contributed by atoms with Gasteiger partial charge in [-0.25, -0.2) is 9.78 Å². The molecule has 3 aromatic rings. The molecule has 194 valence electrons. The van der Waals surface area contributed by atoms with Crippen LogP contribution < -0.4 is 10.2 Å². The van der Waals surface area contributed by atoms with Gasteiger partial charge in [-0.15, -0.1) is 11.3 Å². The molecule has 37 heavy (non-hydrogen) atoms. The van der Waals surface area contributed by atoms with Crippen LogP contribution in [-0.4, -0.2) is 34.9 Å². The van der Waals surface area contributed by atoms with Gasteiger partial charge in [0.15, 0.2) is 0 Å². The summed E-state index contributed by atoms with van der Waals surface area (Å²) in [5.41, 5.74) is 2.76. The number of aryl methyl sites for hydroxylation is 1. The van der Waals surface area contributed by atoms with Crippen LogP contribution in [0.25, 0.3) is 0 Å². The molecular formula is C27H30N4O5S. The Hall–Kier alpha value is -3.79. The maximum atomic E-state index is 12.7. The Morgan fingerprint density at radius 2 is 1.92 bits per heavy atom. The zero-order valence-corrected chi connectivity index (χ0v) is 21.9. The van der Waals surface area contributed by atoms with Crippen LogP contribution in [0.4, 0.5) is 17.1 Å². The first-order valence-corrected chi connectivity index (χ1v) is 13.1. The van der Waals surface area contributed by atoms with Crippen LogP contribution >= 0.6 is 11.3 Å². The number of rotatable bonds is 8. The summed E-state index contributed by atoms with van der Waals surface area (Å²) in [7, 11) is 0. The normalized spacial score (nSPS) is 17.3. The predicted molar refractivity (Wildman–Crippen MR) is 143 cm³/mol. The number of anilines is 2. The maximum absolute atomic E-state index is 12.7. The maximum Gasteiger partial charge on any atom is 0.338 e. The number of hydrogen-bond donors (Lipinski definition) is 1. The lowest BCUT2D eigenvalue weighted by atomic mass is 9.91. The van der Waals surface area contributed by atoms with Gasteiger partial charge in [-0.1, -0.05) is 32.0 Å². The van der Waals surface area contributed by atoms with Crippen molar-refractivity contribution in [3.8, 4) is 0 Å². The van der Waals surface area contributed by atoms with E-state index in [0.717, 1.165) is 30.8 Å². The van der Waals surface area contributed by atoms with E-state index in [9.17, 15) is 19.7 Å². The molecular weight excluding hydrogens is 492 g/mol. The van der Waals surface area contributed by atoms with E-state index in [2.05, 4.69) is 24.1 Å². The van der Waals surface area contributed by atoms with Gasteiger partial charge in [0, 0.05) is 30.2 Å². The third-order valence-electron chi connectivity index (χ3n) is 6.30. The summed E-state index contributed by atoms with van der Waals surface area (Å²) in [6.45, 7) is 7.59. The molecule has 0 saturated carbocycles. The summed E-state index contributed by atoms with van der Waals surface area (Å²) in [6.07, 6.45) is 1.19. The lowest BCUT2D eigenvalue weighted by molar-refractivity contribution is -0.384. The number of hydrogen-bond acceptors (Lipinski definition) is 8. The summed E-state index contributed by atoms with van der Waals surface area (Å²) in [5.74, 6) is 0.0213. The van der Waals surface area contributed by atoms with Crippen LogP contribution in [0.1, 0.15) is 46.9 Å². The number of para-hydroxylation sites is 1. The molecule has 0 aliphatic carbocycles. The summed E-state index contributed by atoms with van der Waals surface area (Å²) < 4.78 is 5.37. The fourth-order valence-electron chi connectivity index (χ4n) is 4.69. The zero-order valence-electron chi connectivity index (χ0n) is 21.1. The molecule has 4 rings (SSSR count). The van der Waals surface area contributed by atoms with Crippen LogP contribution in [0, 0.1) is 28.9 Å². The fourth-order valence-corrected chi connectivity index (χ4v) is 5.47. The van der Waals surface area contributed by atoms with E-state index in [1.54, 1.807) is 17.5 Å². The highest BCUT2D eigenvalue weighted by atomic mass is 32.1. The summed E-state index contributed by atoms with van der Waals surface area (Å²) in [4.78, 5) is 42.8. The number of nitrogens with zero attached hydrogens (tertiary/aromatic N) is 3. The molecule has 10 heteroatoms. The first-order valence-electron chi connectivity index (χ1n) is 12.2. The van der Waals surface area contributed by atoms with E-state index >= 15 is 0 Å². The molecule has 2 heterocycles. The first kappa shape index (κ1) is 26.3. The number of nitro groups is 1. The molecule has 0 unspecified atom stereocenters. The molecule has 2 aromatic carbocycles. The van der Waals surface area contributed by atoms with Crippen LogP contribution in [0.3, 0.4) is 0 Å². The van der Waals surface area contributed by atoms with Crippen LogP contribution in [0.15, 0.2) is 47.8 Å². The van der Waals surface area contributed by atoms with Gasteiger partial charge in [0.05, 0.1) is 22.6 Å². The summed E-state index contributed by atoms with van der Waals surface area (Å²) in [6, 6.07) is 12.0. The number of esters is 1. The number of carbonyl (C=O) groups is 2. The Morgan fingerprint density at radius 3 is 2.62 bits per heavy atom. The van der Waals surface area contributed by atoms with Crippen molar-refractivity contribution in [2.24, 2.45) is 11.8 Å². The molecule has 1 aliphatic heterocycles. The third kappa shape index (κ3) is 6.71. The number of nitrogens with one attached hydrogen (secondary N) is 1. The molecule has 1 saturated heterocycles. The second-order valence-corrected chi connectivity index (χ2v) is 10.6. The lowest BCUT2D eigenvalue weighted by Crippen LogP contribution is -2.39. The molecule has 1 amide bonds. The third-order valence-corrected chi connectivity index (χ3v) is 7.20. The van der Waals surface area contributed by atoms with Gasteiger partial charge in [0.2, 0.25) is 5.91 Å². The largest absolute Gasteiger partial charge is 0.456 e. The van der Waals surface area contributed by atoms with Gasteiger partial charge < -0.3 is 15.0 Å². The Labute approximate surface area is 219 Å². The molecule has 2 atom stereocenters. The van der Waals surface area contributed by atoms with E-state index < -0.39 is 10.9 Å². The summed E-state index contributed by atoms with van der Waals surface area (Å²) >= 11 is 1.31. The van der Waals surface area contributed by atoms with Gasteiger partial charge in [-0.3, -0.25) is 14.9 Å². The van der Waals surface area contributed by atoms with Crippen LogP contribution in [0.2, 0.25) is 0 Å². The highest BCUT2D eigenvalue weighted by molar-refractivity contribution is 7.09. The minimum absolute atomic E-state index is 0.0918. The van der Waals surface area contributed by atoms with E-state index in [4.69, 9.17) is 4.74 Å². The number of piperidine rings is 1. The Bertz CT molecular complexity index is 1300. The van der Waals surface area contributed by atoms with Crippen molar-refractivity contribution < 1.29 is 19.2 Å². The average molecular weight is 523 g/mol. The number of benzene rings is 2. The Kier molecular flexibility index (Phi) is 8.17. The Balaban J connectivity index is 1.36. The van der Waals surface area contributed by atoms with Crippen molar-refractivity contribution in [1.29, 1.82) is 0 Å². The number of nitro benzene ring substituents is 1. The van der Waals surface area contributed by atoms with E-state index in [1.807, 2.05) is 36.1 Å². The number of thiazole rings is 1. The van der Waals surface area contributed by atoms with E-state index in [-0.39, 0.29) is 30.2 Å². The lowest BCUT2D eigenvalue weighted by Gasteiger charge is -2.36. The number of carbonyl (C=O) groups excluding carboxylic acids is 2. The molecule has 0 radical (unpaired) electrons. The minimum Gasteiger partial charge on any atom is -0.456 e. The van der Waals surface area contributed by atoms with E-state index in [0.29, 0.717) is 28.2 Å². The van der Waals surface area contributed by atoms with Crippen molar-refractivity contribution in [2.45, 2.75) is 40.2 Å². The SMILES string of the molecule is Cc1ccccc1NC(=O)Cc1nc(COC(=O)c2ccc(N3C[C@H](C)C[C@@H](C)C3)c([N+](=O)[O-])c2)cs1. The molecule has 1 N–H and O–H groups in total. The molecule has 1 aromatic heterocycles. The number of ether oxygens (including phenoxy) is 1. The molecule has 0 spiro atoms. The molecule has 0 bridgehead atoms. The van der Waals surface area contributed by atoms with Crippen molar-refractivity contribution in [1.82, 2.24) is 4.98 Å². The quantitative estimate of drug-likeness (QED) is 0.240. The van der Waals surface area contributed by atoms with Gasteiger partial charge in [0.1, 0.15) is 17.3 Å². The topological polar surface area (TPSA) is 115 Å². The van der Waals surface area contributed by atoms with Gasteiger partial charge in [0.25, 0.3) is 5.69 Å². The monoisotopic (exact) mass is 522 g/mol. The number of amides is 1. The van der Waals surface area contributed by atoms with Crippen molar-refractivity contribution in [3.63, 3.8) is 0 Å². The summed E-state index contributed by atoms with van der Waals surface area (Å²) in [5, 5.41) is 17.0. The highest BCUT2D eigenvalue weighted by Crippen LogP contribution is 2.34. The van der Waals surface area contributed by atoms with Crippen LogP contribution in [-0.2, 0) is 22.6 Å². The molecule has 1 fully saturated rings. The zero-order chi connectivity index (χ0) is 26.5. The minimum atomic E-state index is -0.665. The second kappa shape index (κ2) is 11.5. The van der Waals surface area contributed by atoms with Gasteiger partial charge in [-0.2, -0.15) is 0 Å².